The molecule has 5 heteroatoms. The van der Waals surface area contributed by atoms with Crippen LogP contribution in [0.3, 0.4) is 0 Å². The fraction of sp³-hybridized carbons (Fsp3) is 0.500. The Morgan fingerprint density at radius 2 is 2.29 bits per heavy atom. The van der Waals surface area contributed by atoms with Gasteiger partial charge in [0.25, 0.3) is 5.91 Å². The molecular weight excluding hydrogens is 216 g/mol. The number of pyridine rings is 1. The molecule has 2 rings (SSSR count). The molecule has 1 heterocycles. The predicted octanol–water partition coefficient (Wildman–Crippen LogP) is 1.36. The Kier molecular flexibility index (Phi) is 2.92. The first-order valence-corrected chi connectivity index (χ1v) is 5.79. The average Bonchev–Trinajstić information content (AvgIpc) is 2.24. The molecule has 1 amide bonds. The first-order chi connectivity index (χ1) is 8.00. The van der Waals surface area contributed by atoms with Crippen LogP contribution < -0.4 is 16.8 Å². The third-order valence-electron chi connectivity index (χ3n) is 3.42. The first kappa shape index (κ1) is 11.7. The molecular formula is C12H18N4O. The topological polar surface area (TPSA) is 94.0 Å². The number of primary amides is 1. The van der Waals surface area contributed by atoms with Gasteiger partial charge < -0.3 is 16.8 Å². The second-order valence-corrected chi connectivity index (χ2v) is 5.05. The molecule has 1 aromatic rings. The number of carbonyl (C=O) groups is 1. The molecule has 1 aliphatic rings. The molecule has 1 fully saturated rings. The van der Waals surface area contributed by atoms with E-state index in [0.717, 1.165) is 6.54 Å². The van der Waals surface area contributed by atoms with Gasteiger partial charge in [-0.2, -0.15) is 0 Å². The third kappa shape index (κ3) is 2.49. The van der Waals surface area contributed by atoms with Crippen molar-refractivity contribution >= 4 is 17.4 Å². The van der Waals surface area contributed by atoms with Gasteiger partial charge in [-0.1, -0.05) is 13.3 Å². The van der Waals surface area contributed by atoms with E-state index in [2.05, 4.69) is 17.2 Å². The monoisotopic (exact) mass is 234 g/mol. The number of amides is 1. The van der Waals surface area contributed by atoms with E-state index < -0.39 is 5.91 Å². The Labute approximate surface area is 101 Å². The Bertz CT molecular complexity index is 440. The van der Waals surface area contributed by atoms with Crippen molar-refractivity contribution in [2.45, 2.75) is 26.2 Å². The molecule has 0 bridgehead atoms. The third-order valence-corrected chi connectivity index (χ3v) is 3.42. The standard InChI is InChI=1S/C12H18N4O/c1-12(3-2-4-12)7-16-11-9(10(14)17)5-8(13)6-15-11/h5-6H,2-4,7,13H2,1H3,(H2,14,17)(H,15,16). The Balaban J connectivity index is 2.12. The molecule has 1 aliphatic carbocycles. The lowest BCUT2D eigenvalue weighted by Gasteiger charge is -2.38. The largest absolute Gasteiger partial charge is 0.397 e. The van der Waals surface area contributed by atoms with E-state index in [9.17, 15) is 4.79 Å². The number of nitrogens with zero attached hydrogens (tertiary/aromatic N) is 1. The van der Waals surface area contributed by atoms with E-state index in [4.69, 9.17) is 11.5 Å². The Hall–Kier alpha value is -1.78. The average molecular weight is 234 g/mol. The maximum absolute atomic E-state index is 11.3. The molecule has 0 aromatic carbocycles. The highest BCUT2D eigenvalue weighted by molar-refractivity contribution is 5.98. The number of carbonyl (C=O) groups excluding carboxylic acids is 1. The summed E-state index contributed by atoms with van der Waals surface area (Å²) in [5, 5.41) is 3.20. The van der Waals surface area contributed by atoms with Gasteiger partial charge >= 0.3 is 0 Å². The Morgan fingerprint density at radius 3 is 2.82 bits per heavy atom. The maximum Gasteiger partial charge on any atom is 0.252 e. The lowest BCUT2D eigenvalue weighted by atomic mass is 9.70. The molecule has 0 spiro atoms. The van der Waals surface area contributed by atoms with Gasteiger partial charge in [0.1, 0.15) is 5.82 Å². The number of nitrogens with one attached hydrogen (secondary N) is 1. The second kappa shape index (κ2) is 4.24. The number of hydrogen-bond donors (Lipinski definition) is 3. The van der Waals surface area contributed by atoms with Gasteiger partial charge in [-0.3, -0.25) is 4.79 Å². The van der Waals surface area contributed by atoms with Crippen LogP contribution in [-0.2, 0) is 0 Å². The second-order valence-electron chi connectivity index (χ2n) is 5.05. The lowest BCUT2D eigenvalue weighted by molar-refractivity contribution is 0.100. The van der Waals surface area contributed by atoms with Crippen molar-refractivity contribution in [2.24, 2.45) is 11.1 Å². The van der Waals surface area contributed by atoms with E-state index in [0.29, 0.717) is 22.5 Å². The summed E-state index contributed by atoms with van der Waals surface area (Å²) in [4.78, 5) is 15.4. The molecule has 1 saturated carbocycles. The van der Waals surface area contributed by atoms with Crippen molar-refractivity contribution in [3.05, 3.63) is 17.8 Å². The quantitative estimate of drug-likeness (QED) is 0.733. The van der Waals surface area contributed by atoms with Crippen LogP contribution in [-0.4, -0.2) is 17.4 Å². The van der Waals surface area contributed by atoms with Crippen LogP contribution in [0.15, 0.2) is 12.3 Å². The van der Waals surface area contributed by atoms with E-state index in [1.54, 1.807) is 6.07 Å². The van der Waals surface area contributed by atoms with Crippen LogP contribution in [0, 0.1) is 5.41 Å². The van der Waals surface area contributed by atoms with E-state index in [1.807, 2.05) is 0 Å². The molecule has 0 aliphatic heterocycles. The van der Waals surface area contributed by atoms with Gasteiger partial charge in [0, 0.05) is 6.54 Å². The summed E-state index contributed by atoms with van der Waals surface area (Å²) >= 11 is 0. The van der Waals surface area contributed by atoms with Gasteiger partial charge in [-0.25, -0.2) is 4.98 Å². The van der Waals surface area contributed by atoms with Crippen molar-refractivity contribution < 1.29 is 4.79 Å². The number of nitrogen functional groups attached to an aromatic ring is 1. The fourth-order valence-corrected chi connectivity index (χ4v) is 2.06. The van der Waals surface area contributed by atoms with Gasteiger partial charge in [-0.15, -0.1) is 0 Å². The van der Waals surface area contributed by atoms with E-state index >= 15 is 0 Å². The molecule has 0 unspecified atom stereocenters. The SMILES string of the molecule is CC1(CNc2ncc(N)cc2C(N)=O)CCC1. The number of rotatable bonds is 4. The highest BCUT2D eigenvalue weighted by Crippen LogP contribution is 2.40. The zero-order valence-corrected chi connectivity index (χ0v) is 9.99. The highest BCUT2D eigenvalue weighted by atomic mass is 16.1. The van der Waals surface area contributed by atoms with E-state index in [-0.39, 0.29) is 0 Å². The minimum absolute atomic E-state index is 0.317. The van der Waals surface area contributed by atoms with Crippen LogP contribution in [0.25, 0.3) is 0 Å². The zero-order valence-electron chi connectivity index (χ0n) is 9.99. The summed E-state index contributed by atoms with van der Waals surface area (Å²) in [5.74, 6) is 0.0193. The number of anilines is 2. The van der Waals surface area contributed by atoms with Crippen LogP contribution in [0.2, 0.25) is 0 Å². The number of nitrogens with two attached hydrogens (primary N) is 2. The smallest absolute Gasteiger partial charge is 0.252 e. The first-order valence-electron chi connectivity index (χ1n) is 5.79. The molecule has 0 atom stereocenters. The lowest BCUT2D eigenvalue weighted by Crippen LogP contribution is -2.34. The molecule has 0 radical (unpaired) electrons. The van der Waals surface area contributed by atoms with Crippen molar-refractivity contribution in [3.63, 3.8) is 0 Å². The summed E-state index contributed by atoms with van der Waals surface area (Å²) in [5.41, 5.74) is 12.0. The summed E-state index contributed by atoms with van der Waals surface area (Å²) in [6.07, 6.45) is 5.22. The normalized spacial score (nSPS) is 17.2. The molecule has 92 valence electrons. The molecule has 17 heavy (non-hydrogen) atoms. The van der Waals surface area contributed by atoms with Crippen molar-refractivity contribution in [2.75, 3.05) is 17.6 Å². The van der Waals surface area contributed by atoms with Gasteiger partial charge in [0.15, 0.2) is 0 Å². The molecule has 0 saturated heterocycles. The fourth-order valence-electron chi connectivity index (χ4n) is 2.06. The van der Waals surface area contributed by atoms with Crippen molar-refractivity contribution in [3.8, 4) is 0 Å². The molecule has 5 nitrogen and oxygen atoms in total. The predicted molar refractivity (Wildman–Crippen MR) is 67.6 cm³/mol. The van der Waals surface area contributed by atoms with Gasteiger partial charge in [0.2, 0.25) is 0 Å². The zero-order chi connectivity index (χ0) is 12.5. The highest BCUT2D eigenvalue weighted by Gasteiger charge is 2.31. The summed E-state index contributed by atoms with van der Waals surface area (Å²) < 4.78 is 0. The number of aromatic nitrogens is 1. The number of hydrogen-bond acceptors (Lipinski definition) is 4. The van der Waals surface area contributed by atoms with Crippen molar-refractivity contribution in [1.82, 2.24) is 4.98 Å². The van der Waals surface area contributed by atoms with Crippen LogP contribution in [0.1, 0.15) is 36.5 Å². The van der Waals surface area contributed by atoms with Crippen LogP contribution in [0.5, 0.6) is 0 Å². The molecule has 1 aromatic heterocycles. The maximum atomic E-state index is 11.3. The van der Waals surface area contributed by atoms with Gasteiger partial charge in [0.05, 0.1) is 17.4 Å². The minimum Gasteiger partial charge on any atom is -0.397 e. The minimum atomic E-state index is -0.508. The van der Waals surface area contributed by atoms with E-state index in [1.165, 1.54) is 25.5 Å². The van der Waals surface area contributed by atoms with Crippen molar-refractivity contribution in [1.29, 1.82) is 0 Å². The summed E-state index contributed by atoms with van der Waals surface area (Å²) in [7, 11) is 0. The summed E-state index contributed by atoms with van der Waals surface area (Å²) in [6.45, 7) is 3.04. The van der Waals surface area contributed by atoms with Crippen LogP contribution in [0.4, 0.5) is 11.5 Å². The van der Waals surface area contributed by atoms with Gasteiger partial charge in [-0.05, 0) is 24.3 Å². The summed E-state index contributed by atoms with van der Waals surface area (Å²) in [6, 6.07) is 1.56. The molecule has 5 N–H and O–H groups in total. The Morgan fingerprint density at radius 1 is 1.59 bits per heavy atom. The van der Waals surface area contributed by atoms with Crippen LogP contribution >= 0.6 is 0 Å².